The zero-order valence-electron chi connectivity index (χ0n) is 18.7. The second kappa shape index (κ2) is 9.99. The van der Waals surface area contributed by atoms with Crippen LogP contribution in [0.25, 0.3) is 0 Å². The molecule has 1 unspecified atom stereocenters. The van der Waals surface area contributed by atoms with Gasteiger partial charge in [-0.15, -0.1) is 0 Å². The highest BCUT2D eigenvalue weighted by atomic mass is 16.5. The van der Waals surface area contributed by atoms with Gasteiger partial charge in [0.25, 0.3) is 0 Å². The molecule has 1 amide bonds. The van der Waals surface area contributed by atoms with Gasteiger partial charge in [-0.05, 0) is 57.1 Å². The van der Waals surface area contributed by atoms with Crippen molar-refractivity contribution in [3.63, 3.8) is 0 Å². The normalized spacial score (nSPS) is 25.5. The zero-order valence-corrected chi connectivity index (χ0v) is 18.7. The van der Waals surface area contributed by atoms with Gasteiger partial charge in [-0.1, -0.05) is 13.8 Å². The number of carbonyl (C=O) groups excluding carboxylic acids is 1. The van der Waals surface area contributed by atoms with E-state index in [1.54, 1.807) is 0 Å². The van der Waals surface area contributed by atoms with Crippen LogP contribution in [-0.4, -0.2) is 61.2 Å². The Morgan fingerprint density at radius 3 is 2.73 bits per heavy atom. The molecule has 30 heavy (non-hydrogen) atoms. The molecule has 1 atom stereocenters. The summed E-state index contributed by atoms with van der Waals surface area (Å²) < 4.78 is 5.84. The molecule has 3 heterocycles. The maximum Gasteiger partial charge on any atom is 0.223 e. The van der Waals surface area contributed by atoms with Crippen LogP contribution in [0, 0.1) is 11.8 Å². The predicted octanol–water partition coefficient (Wildman–Crippen LogP) is 3.25. The van der Waals surface area contributed by atoms with Gasteiger partial charge < -0.3 is 15.0 Å². The molecule has 6 nitrogen and oxygen atoms in total. The summed E-state index contributed by atoms with van der Waals surface area (Å²) in [4.78, 5) is 21.7. The van der Waals surface area contributed by atoms with Crippen LogP contribution < -0.4 is 15.0 Å². The molecule has 0 spiro atoms. The van der Waals surface area contributed by atoms with Gasteiger partial charge in [-0.25, -0.2) is 4.98 Å². The van der Waals surface area contributed by atoms with Gasteiger partial charge >= 0.3 is 0 Å². The number of pyridine rings is 1. The van der Waals surface area contributed by atoms with Gasteiger partial charge in [0.2, 0.25) is 5.91 Å². The lowest BCUT2D eigenvalue weighted by atomic mass is 9.83. The number of rotatable bonds is 7. The van der Waals surface area contributed by atoms with E-state index in [1.807, 2.05) is 13.1 Å². The summed E-state index contributed by atoms with van der Waals surface area (Å²) in [5, 5.41) is 3.26. The smallest absolute Gasteiger partial charge is 0.223 e. The summed E-state index contributed by atoms with van der Waals surface area (Å²) in [6.07, 6.45) is 9.94. The first-order valence-corrected chi connectivity index (χ1v) is 12.0. The van der Waals surface area contributed by atoms with Gasteiger partial charge in [-0.2, -0.15) is 0 Å². The summed E-state index contributed by atoms with van der Waals surface area (Å²) in [5.74, 6) is 3.25. The number of piperazine rings is 1. The highest BCUT2D eigenvalue weighted by molar-refractivity contribution is 5.78. The van der Waals surface area contributed by atoms with Crippen LogP contribution in [0.2, 0.25) is 0 Å². The highest BCUT2D eigenvalue weighted by Gasteiger charge is 2.27. The molecular weight excluding hydrogens is 376 g/mol. The van der Waals surface area contributed by atoms with E-state index in [9.17, 15) is 4.79 Å². The fourth-order valence-corrected chi connectivity index (χ4v) is 4.99. The van der Waals surface area contributed by atoms with E-state index in [1.165, 1.54) is 31.4 Å². The van der Waals surface area contributed by atoms with Crippen molar-refractivity contribution in [1.29, 1.82) is 0 Å². The van der Waals surface area contributed by atoms with Crippen LogP contribution in [0.5, 0.6) is 5.75 Å². The van der Waals surface area contributed by atoms with E-state index < -0.39 is 0 Å². The number of nitrogens with one attached hydrogen (secondary N) is 1. The fourth-order valence-electron chi connectivity index (χ4n) is 4.99. The largest absolute Gasteiger partial charge is 0.489 e. The number of hydrogen-bond acceptors (Lipinski definition) is 5. The van der Waals surface area contributed by atoms with Crippen molar-refractivity contribution in [3.05, 3.63) is 17.8 Å². The third-order valence-electron chi connectivity index (χ3n) is 7.36. The van der Waals surface area contributed by atoms with Crippen LogP contribution in [0.3, 0.4) is 0 Å². The molecule has 2 fully saturated rings. The Bertz CT molecular complexity index is 709. The lowest BCUT2D eigenvalue weighted by Crippen LogP contribution is -2.47. The average Bonchev–Trinajstić information content (AvgIpc) is 3.27. The Kier molecular flexibility index (Phi) is 7.13. The number of fused-ring (bicyclic) bond motifs is 1. The summed E-state index contributed by atoms with van der Waals surface area (Å²) >= 11 is 0. The molecule has 2 aliphatic heterocycles. The Labute approximate surface area is 181 Å². The standard InChI is InChI=1S/C24H38N4O2/c1-3-18(2)24(29)26-21-6-4-19(5-7-21)9-12-27-13-15-28(16-14-27)23-22-20(8-11-25-23)10-17-30-22/h8,11,18-19,21H,3-7,9-10,12-17H2,1-2H3,(H,26,29)/t18?,19-,21-. The molecule has 1 aromatic heterocycles. The first-order chi connectivity index (χ1) is 14.6. The Morgan fingerprint density at radius 1 is 1.23 bits per heavy atom. The number of hydrogen-bond donors (Lipinski definition) is 1. The molecule has 1 aliphatic carbocycles. The SMILES string of the molecule is CCC(C)C(=O)N[C@H]1CC[C@H](CCN2CCN(c3nccc4c3OCC4)CC2)CC1. The van der Waals surface area contributed by atoms with Gasteiger partial charge in [0.1, 0.15) is 0 Å². The lowest BCUT2D eigenvalue weighted by molar-refractivity contribution is -0.125. The molecule has 6 heteroatoms. The van der Waals surface area contributed by atoms with Crippen LogP contribution in [-0.2, 0) is 11.2 Å². The van der Waals surface area contributed by atoms with Crippen LogP contribution in [0.1, 0.15) is 57.9 Å². The van der Waals surface area contributed by atoms with Crippen LogP contribution in [0.15, 0.2) is 12.3 Å². The second-order valence-electron chi connectivity index (χ2n) is 9.37. The monoisotopic (exact) mass is 414 g/mol. The number of carbonyl (C=O) groups is 1. The van der Waals surface area contributed by atoms with Crippen molar-refractivity contribution in [2.24, 2.45) is 11.8 Å². The summed E-state index contributed by atoms with van der Waals surface area (Å²) in [7, 11) is 0. The number of anilines is 1. The van der Waals surface area contributed by atoms with Crippen molar-refractivity contribution in [2.45, 2.75) is 64.8 Å². The number of amides is 1. The van der Waals surface area contributed by atoms with Crippen molar-refractivity contribution < 1.29 is 9.53 Å². The third-order valence-corrected chi connectivity index (χ3v) is 7.36. The van der Waals surface area contributed by atoms with E-state index in [2.05, 4.69) is 33.1 Å². The van der Waals surface area contributed by atoms with E-state index in [0.717, 1.165) is 76.0 Å². The second-order valence-corrected chi connectivity index (χ2v) is 9.37. The first kappa shape index (κ1) is 21.4. The molecule has 166 valence electrons. The number of ether oxygens (including phenoxy) is 1. The van der Waals surface area contributed by atoms with E-state index in [4.69, 9.17) is 4.74 Å². The molecule has 0 bridgehead atoms. The molecule has 1 N–H and O–H groups in total. The highest BCUT2D eigenvalue weighted by Crippen LogP contribution is 2.34. The fraction of sp³-hybridized carbons (Fsp3) is 0.750. The lowest BCUT2D eigenvalue weighted by Gasteiger charge is -2.37. The first-order valence-electron chi connectivity index (χ1n) is 12.0. The van der Waals surface area contributed by atoms with Gasteiger partial charge in [0, 0.05) is 56.3 Å². The summed E-state index contributed by atoms with van der Waals surface area (Å²) in [6, 6.07) is 2.49. The molecular formula is C24H38N4O2. The molecule has 3 aliphatic rings. The molecule has 0 aromatic carbocycles. The molecule has 4 rings (SSSR count). The molecule has 1 saturated carbocycles. The van der Waals surface area contributed by atoms with E-state index >= 15 is 0 Å². The minimum Gasteiger partial charge on any atom is -0.489 e. The zero-order chi connectivity index (χ0) is 20.9. The van der Waals surface area contributed by atoms with Crippen LogP contribution >= 0.6 is 0 Å². The molecule has 1 saturated heterocycles. The van der Waals surface area contributed by atoms with Crippen molar-refractivity contribution in [1.82, 2.24) is 15.2 Å². The minimum absolute atomic E-state index is 0.139. The van der Waals surface area contributed by atoms with Crippen molar-refractivity contribution in [3.8, 4) is 5.75 Å². The predicted molar refractivity (Wildman–Crippen MR) is 120 cm³/mol. The topological polar surface area (TPSA) is 57.7 Å². The van der Waals surface area contributed by atoms with Gasteiger partial charge in [0.05, 0.1) is 6.61 Å². The molecule has 0 radical (unpaired) electrons. The maximum absolute atomic E-state index is 12.1. The van der Waals surface area contributed by atoms with Crippen LogP contribution in [0.4, 0.5) is 5.82 Å². The van der Waals surface area contributed by atoms with E-state index in [0.29, 0.717) is 6.04 Å². The number of aromatic nitrogens is 1. The summed E-state index contributed by atoms with van der Waals surface area (Å²) in [6.45, 7) is 10.4. The Balaban J connectivity index is 1.16. The van der Waals surface area contributed by atoms with Crippen molar-refractivity contribution in [2.75, 3.05) is 44.2 Å². The maximum atomic E-state index is 12.1. The van der Waals surface area contributed by atoms with E-state index in [-0.39, 0.29) is 11.8 Å². The summed E-state index contributed by atoms with van der Waals surface area (Å²) in [5.41, 5.74) is 1.30. The quantitative estimate of drug-likeness (QED) is 0.742. The van der Waals surface area contributed by atoms with Gasteiger partial charge in [0.15, 0.2) is 11.6 Å². The van der Waals surface area contributed by atoms with Gasteiger partial charge in [-0.3, -0.25) is 9.69 Å². The molecule has 1 aromatic rings. The third kappa shape index (κ3) is 5.08. The Hall–Kier alpha value is -1.82. The average molecular weight is 415 g/mol. The minimum atomic E-state index is 0.139. The number of nitrogens with zero attached hydrogens (tertiary/aromatic N) is 3. The van der Waals surface area contributed by atoms with Crippen molar-refractivity contribution >= 4 is 11.7 Å². The Morgan fingerprint density at radius 2 is 2.00 bits per heavy atom.